The van der Waals surface area contributed by atoms with Crippen molar-refractivity contribution in [3.8, 4) is 0 Å². The lowest BCUT2D eigenvalue weighted by atomic mass is 10.1. The third-order valence-corrected chi connectivity index (χ3v) is 7.54. The van der Waals surface area contributed by atoms with Crippen LogP contribution in [0.3, 0.4) is 0 Å². The summed E-state index contributed by atoms with van der Waals surface area (Å²) in [6.07, 6.45) is 3.05. The molecule has 8 heteroatoms. The lowest BCUT2D eigenvalue weighted by Crippen LogP contribution is -2.42. The first-order chi connectivity index (χ1) is 14.7. The Morgan fingerprint density at radius 2 is 1.77 bits per heavy atom. The third-order valence-electron chi connectivity index (χ3n) is 5.53. The van der Waals surface area contributed by atoms with Crippen LogP contribution >= 0.6 is 0 Å². The van der Waals surface area contributed by atoms with E-state index in [1.54, 1.807) is 50.2 Å². The van der Waals surface area contributed by atoms with Gasteiger partial charge >= 0.3 is 0 Å². The summed E-state index contributed by atoms with van der Waals surface area (Å²) in [4.78, 5) is 24.7. The second kappa shape index (κ2) is 9.62. The molecule has 31 heavy (non-hydrogen) atoms. The second-order valence-electron chi connectivity index (χ2n) is 7.87. The highest BCUT2D eigenvalue weighted by atomic mass is 32.2. The van der Waals surface area contributed by atoms with E-state index in [1.807, 2.05) is 6.92 Å². The van der Waals surface area contributed by atoms with E-state index in [-0.39, 0.29) is 16.8 Å². The van der Waals surface area contributed by atoms with Crippen molar-refractivity contribution in [2.75, 3.05) is 17.2 Å². The molecule has 1 heterocycles. The molecule has 0 radical (unpaired) electrons. The number of rotatable bonds is 6. The van der Waals surface area contributed by atoms with E-state index in [1.165, 1.54) is 10.4 Å². The second-order valence-corrected chi connectivity index (χ2v) is 9.76. The molecule has 1 aliphatic heterocycles. The van der Waals surface area contributed by atoms with E-state index in [0.29, 0.717) is 35.5 Å². The van der Waals surface area contributed by atoms with Crippen LogP contribution in [0.25, 0.3) is 0 Å². The van der Waals surface area contributed by atoms with E-state index >= 15 is 0 Å². The molecule has 1 unspecified atom stereocenters. The minimum atomic E-state index is -3.67. The number of nitrogens with zero attached hydrogens (tertiary/aromatic N) is 1. The Hall–Kier alpha value is -2.71. The number of piperidine rings is 1. The number of amides is 2. The predicted molar refractivity (Wildman–Crippen MR) is 122 cm³/mol. The molecule has 7 nitrogen and oxygen atoms in total. The highest BCUT2D eigenvalue weighted by Crippen LogP contribution is 2.27. The molecule has 2 amide bonds. The Labute approximate surface area is 183 Å². The molecular weight excluding hydrogens is 414 g/mol. The van der Waals surface area contributed by atoms with E-state index in [9.17, 15) is 18.0 Å². The van der Waals surface area contributed by atoms with Crippen molar-refractivity contribution in [1.29, 1.82) is 0 Å². The highest BCUT2D eigenvalue weighted by Gasteiger charge is 2.31. The van der Waals surface area contributed by atoms with Gasteiger partial charge in [-0.15, -0.1) is 0 Å². The molecule has 0 aromatic heterocycles. The predicted octanol–water partition coefficient (Wildman–Crippen LogP) is 4.16. The summed E-state index contributed by atoms with van der Waals surface area (Å²) in [5.74, 6) is -0.524. The zero-order valence-electron chi connectivity index (χ0n) is 18.1. The van der Waals surface area contributed by atoms with Gasteiger partial charge in [0.15, 0.2) is 0 Å². The fourth-order valence-corrected chi connectivity index (χ4v) is 5.42. The first-order valence-electron chi connectivity index (χ1n) is 10.6. The quantitative estimate of drug-likeness (QED) is 0.701. The van der Waals surface area contributed by atoms with Gasteiger partial charge in [-0.1, -0.05) is 25.5 Å². The fraction of sp³-hybridized carbons (Fsp3) is 0.391. The summed E-state index contributed by atoms with van der Waals surface area (Å²) in [6.45, 7) is 5.94. The van der Waals surface area contributed by atoms with Gasteiger partial charge in [-0.05, 0) is 62.6 Å². The van der Waals surface area contributed by atoms with Crippen LogP contribution in [-0.2, 0) is 14.8 Å². The largest absolute Gasteiger partial charge is 0.326 e. The van der Waals surface area contributed by atoms with Gasteiger partial charge in [-0.3, -0.25) is 9.59 Å². The molecule has 2 aromatic rings. The van der Waals surface area contributed by atoms with Gasteiger partial charge in [-0.2, -0.15) is 4.31 Å². The fourth-order valence-electron chi connectivity index (χ4n) is 3.69. The Bertz CT molecular complexity index is 1080. The topological polar surface area (TPSA) is 95.6 Å². The van der Waals surface area contributed by atoms with Crippen LogP contribution in [-0.4, -0.2) is 37.1 Å². The number of carbonyl (C=O) groups is 2. The minimum Gasteiger partial charge on any atom is -0.326 e. The molecule has 0 spiro atoms. The van der Waals surface area contributed by atoms with Crippen molar-refractivity contribution in [3.63, 3.8) is 0 Å². The van der Waals surface area contributed by atoms with Gasteiger partial charge in [0.25, 0.3) is 5.91 Å². The number of aryl methyl sites for hydroxylation is 1. The first-order valence-corrected chi connectivity index (χ1v) is 12.0. The zero-order chi connectivity index (χ0) is 22.6. The maximum Gasteiger partial charge on any atom is 0.255 e. The van der Waals surface area contributed by atoms with Crippen molar-refractivity contribution in [1.82, 2.24) is 4.31 Å². The maximum atomic E-state index is 13.2. The number of hydrogen-bond donors (Lipinski definition) is 2. The van der Waals surface area contributed by atoms with Gasteiger partial charge in [0.05, 0.1) is 4.90 Å². The van der Waals surface area contributed by atoms with Crippen LogP contribution < -0.4 is 10.6 Å². The Kier molecular flexibility index (Phi) is 7.12. The van der Waals surface area contributed by atoms with Crippen LogP contribution in [0.4, 0.5) is 11.4 Å². The van der Waals surface area contributed by atoms with Crippen molar-refractivity contribution < 1.29 is 18.0 Å². The summed E-state index contributed by atoms with van der Waals surface area (Å²) in [6, 6.07) is 11.5. The van der Waals surface area contributed by atoms with Crippen molar-refractivity contribution in [3.05, 3.63) is 53.6 Å². The van der Waals surface area contributed by atoms with E-state index in [0.717, 1.165) is 19.3 Å². The molecule has 1 aliphatic rings. The standard InChI is InChI=1S/C23H29N3O4S/c1-4-22(27)24-18-9-7-10-19(14-18)25-23(28)21-15-20(12-11-16(21)2)31(29,30)26-13-6-5-8-17(26)3/h7,9-12,14-15,17H,4-6,8,13H2,1-3H3,(H,24,27)(H,25,28). The number of sulfonamides is 1. The molecule has 2 N–H and O–H groups in total. The van der Waals surface area contributed by atoms with Crippen LogP contribution in [0.2, 0.25) is 0 Å². The van der Waals surface area contributed by atoms with Gasteiger partial charge in [-0.25, -0.2) is 8.42 Å². The monoisotopic (exact) mass is 443 g/mol. The van der Waals surface area contributed by atoms with Crippen LogP contribution in [0, 0.1) is 6.92 Å². The van der Waals surface area contributed by atoms with Gasteiger partial charge in [0, 0.05) is 35.9 Å². The average molecular weight is 444 g/mol. The summed E-state index contributed by atoms with van der Waals surface area (Å²) in [5, 5.41) is 5.55. The summed E-state index contributed by atoms with van der Waals surface area (Å²) < 4.78 is 27.9. The normalized spacial score (nSPS) is 17.2. The zero-order valence-corrected chi connectivity index (χ0v) is 19.0. The molecule has 1 saturated heterocycles. The van der Waals surface area contributed by atoms with Crippen molar-refractivity contribution in [2.45, 2.75) is 57.4 Å². The molecule has 1 fully saturated rings. The van der Waals surface area contributed by atoms with E-state index < -0.39 is 15.9 Å². The van der Waals surface area contributed by atoms with E-state index in [2.05, 4.69) is 10.6 Å². The first kappa shape index (κ1) is 23.0. The Balaban J connectivity index is 1.84. The van der Waals surface area contributed by atoms with Crippen molar-refractivity contribution >= 4 is 33.2 Å². The molecule has 0 saturated carbocycles. The molecular formula is C23H29N3O4S. The highest BCUT2D eigenvalue weighted by molar-refractivity contribution is 7.89. The van der Waals surface area contributed by atoms with E-state index in [4.69, 9.17) is 0 Å². The molecule has 1 atom stereocenters. The van der Waals surface area contributed by atoms with Crippen LogP contribution in [0.1, 0.15) is 55.5 Å². The molecule has 2 aromatic carbocycles. The number of anilines is 2. The summed E-state index contributed by atoms with van der Waals surface area (Å²) in [5.41, 5.74) is 2.07. The Morgan fingerprint density at radius 1 is 1.06 bits per heavy atom. The van der Waals surface area contributed by atoms with Gasteiger partial charge in [0.1, 0.15) is 0 Å². The third kappa shape index (κ3) is 5.32. The molecule has 166 valence electrons. The maximum absolute atomic E-state index is 13.2. The summed E-state index contributed by atoms with van der Waals surface area (Å²) >= 11 is 0. The van der Waals surface area contributed by atoms with Gasteiger partial charge in [0.2, 0.25) is 15.9 Å². The lowest BCUT2D eigenvalue weighted by molar-refractivity contribution is -0.115. The smallest absolute Gasteiger partial charge is 0.255 e. The molecule has 3 rings (SSSR count). The van der Waals surface area contributed by atoms with Crippen LogP contribution in [0.5, 0.6) is 0 Å². The minimum absolute atomic E-state index is 0.0570. The van der Waals surface area contributed by atoms with Crippen molar-refractivity contribution in [2.24, 2.45) is 0 Å². The van der Waals surface area contributed by atoms with Crippen LogP contribution in [0.15, 0.2) is 47.4 Å². The number of nitrogens with one attached hydrogen (secondary N) is 2. The average Bonchev–Trinajstić information content (AvgIpc) is 2.74. The summed E-state index contributed by atoms with van der Waals surface area (Å²) in [7, 11) is -3.67. The number of carbonyl (C=O) groups excluding carboxylic acids is 2. The molecule has 0 bridgehead atoms. The lowest BCUT2D eigenvalue weighted by Gasteiger charge is -2.32. The Morgan fingerprint density at radius 3 is 2.45 bits per heavy atom. The SMILES string of the molecule is CCC(=O)Nc1cccc(NC(=O)c2cc(S(=O)(=O)N3CCCCC3C)ccc2C)c1. The number of benzene rings is 2. The number of hydrogen-bond acceptors (Lipinski definition) is 4. The van der Waals surface area contributed by atoms with Gasteiger partial charge < -0.3 is 10.6 Å². The molecule has 0 aliphatic carbocycles.